The Kier molecular flexibility index (Phi) is 5.27. The SMILES string of the molecule is CCCCn1c(COC(=O)c2n[nH]c3ccccc23)nc2cc(S(N)(=O)=O)ccc21. The van der Waals surface area contributed by atoms with Gasteiger partial charge in [-0.15, -0.1) is 0 Å². The molecule has 10 heteroatoms. The van der Waals surface area contributed by atoms with Crippen LogP contribution in [0.15, 0.2) is 47.4 Å². The summed E-state index contributed by atoms with van der Waals surface area (Å²) in [7, 11) is -3.84. The summed E-state index contributed by atoms with van der Waals surface area (Å²) in [5.41, 5.74) is 2.19. The van der Waals surface area contributed by atoms with E-state index in [1.807, 2.05) is 22.8 Å². The van der Waals surface area contributed by atoms with Gasteiger partial charge in [0.2, 0.25) is 10.0 Å². The summed E-state index contributed by atoms with van der Waals surface area (Å²) in [6, 6.07) is 11.8. The molecular weight excluding hydrogens is 406 g/mol. The van der Waals surface area contributed by atoms with Crippen molar-refractivity contribution in [3.05, 3.63) is 54.0 Å². The van der Waals surface area contributed by atoms with Gasteiger partial charge in [-0.25, -0.2) is 23.3 Å². The maximum Gasteiger partial charge on any atom is 0.359 e. The van der Waals surface area contributed by atoms with Crippen molar-refractivity contribution >= 4 is 37.9 Å². The van der Waals surface area contributed by atoms with Crippen LogP contribution in [-0.2, 0) is 27.9 Å². The first-order valence-electron chi connectivity index (χ1n) is 9.50. The zero-order chi connectivity index (χ0) is 21.3. The number of hydrogen-bond donors (Lipinski definition) is 2. The lowest BCUT2D eigenvalue weighted by Gasteiger charge is -2.09. The number of hydrogen-bond acceptors (Lipinski definition) is 6. The normalized spacial score (nSPS) is 11.9. The average molecular weight is 427 g/mol. The van der Waals surface area contributed by atoms with Crippen molar-refractivity contribution in [1.82, 2.24) is 19.7 Å². The minimum absolute atomic E-state index is 0.0123. The van der Waals surface area contributed by atoms with E-state index in [9.17, 15) is 13.2 Å². The lowest BCUT2D eigenvalue weighted by molar-refractivity contribution is 0.0453. The second kappa shape index (κ2) is 7.88. The number of sulfonamides is 1. The quantitative estimate of drug-likeness (QED) is 0.436. The molecule has 0 unspecified atom stereocenters. The molecule has 156 valence electrons. The molecule has 0 saturated carbocycles. The van der Waals surface area contributed by atoms with Gasteiger partial charge in [0.25, 0.3) is 0 Å². The van der Waals surface area contributed by atoms with Crippen LogP contribution in [0.4, 0.5) is 0 Å². The van der Waals surface area contributed by atoms with Crippen LogP contribution in [0.1, 0.15) is 36.1 Å². The molecule has 3 N–H and O–H groups in total. The van der Waals surface area contributed by atoms with Crippen molar-refractivity contribution in [2.45, 2.75) is 37.8 Å². The molecule has 30 heavy (non-hydrogen) atoms. The van der Waals surface area contributed by atoms with E-state index < -0.39 is 16.0 Å². The Balaban J connectivity index is 1.64. The lowest BCUT2D eigenvalue weighted by Crippen LogP contribution is -2.12. The molecule has 0 radical (unpaired) electrons. The molecule has 9 nitrogen and oxygen atoms in total. The summed E-state index contributed by atoms with van der Waals surface area (Å²) in [6.07, 6.45) is 1.86. The highest BCUT2D eigenvalue weighted by atomic mass is 32.2. The minimum Gasteiger partial charge on any atom is -0.453 e. The number of H-pyrrole nitrogens is 1. The molecular formula is C20H21N5O4S. The van der Waals surface area contributed by atoms with Gasteiger partial charge < -0.3 is 9.30 Å². The number of para-hydroxylation sites is 1. The highest BCUT2D eigenvalue weighted by Crippen LogP contribution is 2.22. The number of carbonyl (C=O) groups is 1. The summed E-state index contributed by atoms with van der Waals surface area (Å²) < 4.78 is 30.7. The molecule has 0 bridgehead atoms. The van der Waals surface area contributed by atoms with E-state index in [0.29, 0.717) is 23.3 Å². The molecule has 2 aromatic heterocycles. The summed E-state index contributed by atoms with van der Waals surface area (Å²) in [5.74, 6) is -0.0371. The van der Waals surface area contributed by atoms with Gasteiger partial charge in [-0.1, -0.05) is 31.5 Å². The number of benzene rings is 2. The van der Waals surface area contributed by atoms with Gasteiger partial charge in [-0.05, 0) is 30.7 Å². The Bertz CT molecular complexity index is 1340. The number of ether oxygens (including phenoxy) is 1. The topological polar surface area (TPSA) is 133 Å². The summed E-state index contributed by atoms with van der Waals surface area (Å²) in [6.45, 7) is 2.67. The predicted octanol–water partition coefficient (Wildman–Crippen LogP) is 2.72. The first kappa shape index (κ1) is 20.0. The highest BCUT2D eigenvalue weighted by Gasteiger charge is 2.19. The second-order valence-corrected chi connectivity index (χ2v) is 8.48. The summed E-state index contributed by atoms with van der Waals surface area (Å²) in [5, 5.41) is 12.8. The van der Waals surface area contributed by atoms with E-state index >= 15 is 0 Å². The predicted molar refractivity (Wildman–Crippen MR) is 111 cm³/mol. The Morgan fingerprint density at radius 1 is 1.23 bits per heavy atom. The number of rotatable bonds is 7. The average Bonchev–Trinajstić information content (AvgIpc) is 3.30. The Hall–Kier alpha value is -3.24. The van der Waals surface area contributed by atoms with E-state index in [1.54, 1.807) is 12.1 Å². The third-order valence-corrected chi connectivity index (χ3v) is 5.77. The van der Waals surface area contributed by atoms with E-state index in [2.05, 4.69) is 22.1 Å². The van der Waals surface area contributed by atoms with Crippen LogP contribution < -0.4 is 5.14 Å². The third kappa shape index (κ3) is 3.79. The Morgan fingerprint density at radius 3 is 2.80 bits per heavy atom. The van der Waals surface area contributed by atoms with Crippen LogP contribution in [0.25, 0.3) is 21.9 Å². The lowest BCUT2D eigenvalue weighted by atomic mass is 10.2. The molecule has 2 aromatic carbocycles. The minimum atomic E-state index is -3.84. The molecule has 0 aliphatic rings. The molecule has 0 amide bonds. The molecule has 2 heterocycles. The van der Waals surface area contributed by atoms with E-state index in [1.165, 1.54) is 12.1 Å². The molecule has 0 atom stereocenters. The molecule has 0 aliphatic carbocycles. The van der Waals surface area contributed by atoms with Gasteiger partial charge in [0.05, 0.1) is 21.4 Å². The van der Waals surface area contributed by atoms with Crippen LogP contribution in [-0.4, -0.2) is 34.1 Å². The number of primary sulfonamides is 1. The second-order valence-electron chi connectivity index (χ2n) is 6.92. The number of unbranched alkanes of at least 4 members (excludes halogenated alkanes) is 1. The largest absolute Gasteiger partial charge is 0.453 e. The van der Waals surface area contributed by atoms with Gasteiger partial charge in [0, 0.05) is 11.9 Å². The van der Waals surface area contributed by atoms with Crippen molar-refractivity contribution in [2.24, 2.45) is 5.14 Å². The number of imidazole rings is 1. The molecule has 0 fully saturated rings. The van der Waals surface area contributed by atoms with E-state index in [4.69, 9.17) is 9.88 Å². The highest BCUT2D eigenvalue weighted by molar-refractivity contribution is 7.89. The van der Waals surface area contributed by atoms with Crippen molar-refractivity contribution in [3.8, 4) is 0 Å². The monoisotopic (exact) mass is 427 g/mol. The van der Waals surface area contributed by atoms with Gasteiger partial charge in [-0.2, -0.15) is 5.10 Å². The summed E-state index contributed by atoms with van der Waals surface area (Å²) in [4.78, 5) is 17.1. The summed E-state index contributed by atoms with van der Waals surface area (Å²) >= 11 is 0. The number of fused-ring (bicyclic) bond motifs is 2. The molecule has 0 aliphatic heterocycles. The maximum atomic E-state index is 12.6. The zero-order valence-corrected chi connectivity index (χ0v) is 17.1. The molecule has 4 aromatic rings. The van der Waals surface area contributed by atoms with Gasteiger partial charge in [0.1, 0.15) is 12.4 Å². The van der Waals surface area contributed by atoms with Crippen LogP contribution in [0, 0.1) is 0 Å². The third-order valence-electron chi connectivity index (χ3n) is 4.86. The van der Waals surface area contributed by atoms with E-state index in [-0.39, 0.29) is 17.2 Å². The number of nitrogens with one attached hydrogen (secondary N) is 1. The fourth-order valence-electron chi connectivity index (χ4n) is 3.33. The number of esters is 1. The van der Waals surface area contributed by atoms with Crippen molar-refractivity contribution < 1.29 is 17.9 Å². The van der Waals surface area contributed by atoms with Crippen LogP contribution >= 0.6 is 0 Å². The van der Waals surface area contributed by atoms with Crippen molar-refractivity contribution in [2.75, 3.05) is 0 Å². The molecule has 0 saturated heterocycles. The number of nitrogens with zero attached hydrogens (tertiary/aromatic N) is 3. The zero-order valence-electron chi connectivity index (χ0n) is 16.3. The van der Waals surface area contributed by atoms with Gasteiger partial charge in [-0.3, -0.25) is 5.10 Å². The van der Waals surface area contributed by atoms with Crippen LogP contribution in [0.2, 0.25) is 0 Å². The molecule has 0 spiro atoms. The Morgan fingerprint density at radius 2 is 2.03 bits per heavy atom. The number of aromatic nitrogens is 4. The van der Waals surface area contributed by atoms with Crippen LogP contribution in [0.3, 0.4) is 0 Å². The molecule has 4 rings (SSSR count). The van der Waals surface area contributed by atoms with Gasteiger partial charge in [0.15, 0.2) is 5.69 Å². The van der Waals surface area contributed by atoms with Crippen molar-refractivity contribution in [1.29, 1.82) is 0 Å². The first-order valence-corrected chi connectivity index (χ1v) is 11.1. The first-order chi connectivity index (χ1) is 14.4. The number of aryl methyl sites for hydroxylation is 1. The Labute approximate surface area is 172 Å². The standard InChI is InChI=1S/C20H21N5O4S/c1-2-3-10-25-17-9-8-13(30(21,27)28)11-16(17)22-18(25)12-29-20(26)19-14-6-4-5-7-15(14)23-24-19/h4-9,11H,2-3,10,12H2,1H3,(H,23,24)(H2,21,27,28). The maximum absolute atomic E-state index is 12.6. The van der Waals surface area contributed by atoms with E-state index in [0.717, 1.165) is 23.9 Å². The smallest absolute Gasteiger partial charge is 0.359 e. The number of carbonyl (C=O) groups excluding carboxylic acids is 1. The fraction of sp³-hybridized carbons (Fsp3) is 0.250. The van der Waals surface area contributed by atoms with Crippen molar-refractivity contribution in [3.63, 3.8) is 0 Å². The van der Waals surface area contributed by atoms with Crippen LogP contribution in [0.5, 0.6) is 0 Å². The number of nitrogens with two attached hydrogens (primary N) is 1. The fourth-order valence-corrected chi connectivity index (χ4v) is 3.86. The van der Waals surface area contributed by atoms with Gasteiger partial charge >= 0.3 is 5.97 Å². The number of aromatic amines is 1.